The quantitative estimate of drug-likeness (QED) is 0.817. The summed E-state index contributed by atoms with van der Waals surface area (Å²) in [6.45, 7) is 1.64. The maximum Gasteiger partial charge on any atom is 0.258 e. The first-order chi connectivity index (χ1) is 8.13. The zero-order valence-corrected chi connectivity index (χ0v) is 9.87. The molecule has 5 heteroatoms. The predicted molar refractivity (Wildman–Crippen MR) is 61.6 cm³/mol. The Hall–Kier alpha value is -1.62. The van der Waals surface area contributed by atoms with Crippen LogP contribution in [0.3, 0.4) is 0 Å². The summed E-state index contributed by atoms with van der Waals surface area (Å²) in [6.07, 6.45) is 0.568. The van der Waals surface area contributed by atoms with E-state index >= 15 is 0 Å². The minimum atomic E-state index is -0.644. The van der Waals surface area contributed by atoms with Gasteiger partial charge in [0.15, 0.2) is 0 Å². The monoisotopic (exact) mass is 241 g/mol. The molecule has 0 bridgehead atoms. The fraction of sp³-hybridized carbons (Fsp3) is 0.417. The average Bonchev–Trinajstić information content (AvgIpc) is 2.35. The third kappa shape index (κ3) is 3.17. The molecular weight excluding hydrogens is 225 g/mol. The Morgan fingerprint density at radius 3 is 2.82 bits per heavy atom. The molecule has 94 valence electrons. The molecule has 1 atom stereocenters. The second kappa shape index (κ2) is 6.20. The van der Waals surface area contributed by atoms with Crippen molar-refractivity contribution in [3.05, 3.63) is 29.6 Å². The van der Waals surface area contributed by atoms with Crippen LogP contribution in [-0.2, 0) is 0 Å². The molecule has 1 aromatic rings. The minimum absolute atomic E-state index is 0.137. The number of carbonyl (C=O) groups is 1. The Balaban J connectivity index is 2.95. The van der Waals surface area contributed by atoms with Crippen LogP contribution in [0.2, 0.25) is 0 Å². The van der Waals surface area contributed by atoms with Crippen LogP contribution >= 0.6 is 0 Å². The summed E-state index contributed by atoms with van der Waals surface area (Å²) in [4.78, 5) is 11.8. The third-order valence-corrected chi connectivity index (χ3v) is 2.47. The molecule has 0 spiro atoms. The van der Waals surface area contributed by atoms with Crippen LogP contribution in [0, 0.1) is 5.82 Å². The highest BCUT2D eigenvalue weighted by Gasteiger charge is 2.19. The maximum absolute atomic E-state index is 13.5. The highest BCUT2D eigenvalue weighted by atomic mass is 19.1. The molecule has 1 aromatic carbocycles. The van der Waals surface area contributed by atoms with E-state index in [2.05, 4.69) is 5.32 Å². The molecule has 0 radical (unpaired) electrons. The summed E-state index contributed by atoms with van der Waals surface area (Å²) in [5.74, 6) is -1.05. The lowest BCUT2D eigenvalue weighted by molar-refractivity contribution is 0.0907. The van der Waals surface area contributed by atoms with Gasteiger partial charge in [0.05, 0.1) is 19.8 Å². The van der Waals surface area contributed by atoms with Gasteiger partial charge >= 0.3 is 0 Å². The first-order valence-electron chi connectivity index (χ1n) is 5.38. The molecule has 0 unspecified atom stereocenters. The van der Waals surface area contributed by atoms with Gasteiger partial charge in [-0.25, -0.2) is 4.39 Å². The van der Waals surface area contributed by atoms with E-state index in [1.165, 1.54) is 25.3 Å². The van der Waals surface area contributed by atoms with E-state index < -0.39 is 11.7 Å². The number of methoxy groups -OCH3 is 1. The number of ether oxygens (including phenoxy) is 1. The summed E-state index contributed by atoms with van der Waals surface area (Å²) in [7, 11) is 1.37. The van der Waals surface area contributed by atoms with Crippen molar-refractivity contribution in [2.45, 2.75) is 19.4 Å². The van der Waals surface area contributed by atoms with Crippen LogP contribution < -0.4 is 10.1 Å². The lowest BCUT2D eigenvalue weighted by Gasteiger charge is -2.15. The van der Waals surface area contributed by atoms with E-state index in [0.29, 0.717) is 6.42 Å². The van der Waals surface area contributed by atoms with Crippen LogP contribution in [0.5, 0.6) is 5.75 Å². The van der Waals surface area contributed by atoms with Crippen molar-refractivity contribution in [3.63, 3.8) is 0 Å². The van der Waals surface area contributed by atoms with Crippen LogP contribution in [0.25, 0.3) is 0 Å². The molecule has 0 saturated carbocycles. The number of aliphatic hydroxyl groups is 1. The number of benzene rings is 1. The van der Waals surface area contributed by atoms with Crippen molar-refractivity contribution < 1.29 is 19.0 Å². The molecule has 0 heterocycles. The number of carbonyl (C=O) groups excluding carboxylic acids is 1. The zero-order valence-electron chi connectivity index (χ0n) is 9.87. The van der Waals surface area contributed by atoms with E-state index in [-0.39, 0.29) is 24.0 Å². The normalized spacial score (nSPS) is 12.0. The van der Waals surface area contributed by atoms with E-state index in [4.69, 9.17) is 9.84 Å². The van der Waals surface area contributed by atoms with Gasteiger partial charge in [-0.1, -0.05) is 13.0 Å². The van der Waals surface area contributed by atoms with E-state index in [9.17, 15) is 9.18 Å². The average molecular weight is 241 g/mol. The summed E-state index contributed by atoms with van der Waals surface area (Å²) in [5, 5.41) is 11.5. The Morgan fingerprint density at radius 1 is 1.59 bits per heavy atom. The second-order valence-corrected chi connectivity index (χ2v) is 3.58. The SMILES string of the molecule is CC[C@@H](CO)NC(=O)c1c(F)cccc1OC. The van der Waals surface area contributed by atoms with Crippen molar-refractivity contribution in [2.75, 3.05) is 13.7 Å². The van der Waals surface area contributed by atoms with Gasteiger partial charge in [-0.2, -0.15) is 0 Å². The summed E-state index contributed by atoms with van der Waals surface area (Å²) in [6, 6.07) is 3.79. The van der Waals surface area contributed by atoms with Gasteiger partial charge in [0.2, 0.25) is 0 Å². The lowest BCUT2D eigenvalue weighted by Crippen LogP contribution is -2.37. The van der Waals surface area contributed by atoms with Gasteiger partial charge in [-0.05, 0) is 18.6 Å². The first kappa shape index (κ1) is 13.4. The van der Waals surface area contributed by atoms with Crippen LogP contribution in [0.1, 0.15) is 23.7 Å². The van der Waals surface area contributed by atoms with Crippen LogP contribution in [-0.4, -0.2) is 30.8 Å². The van der Waals surface area contributed by atoms with Gasteiger partial charge in [0, 0.05) is 0 Å². The van der Waals surface area contributed by atoms with Crippen molar-refractivity contribution in [1.82, 2.24) is 5.32 Å². The van der Waals surface area contributed by atoms with E-state index in [0.717, 1.165) is 0 Å². The molecule has 0 aromatic heterocycles. The molecule has 17 heavy (non-hydrogen) atoms. The third-order valence-electron chi connectivity index (χ3n) is 2.47. The van der Waals surface area contributed by atoms with Crippen LogP contribution in [0.15, 0.2) is 18.2 Å². The summed E-state index contributed by atoms with van der Waals surface area (Å²) < 4.78 is 18.5. The highest BCUT2D eigenvalue weighted by molar-refractivity contribution is 5.97. The Bertz CT molecular complexity index is 391. The molecule has 0 aliphatic heterocycles. The molecule has 0 saturated heterocycles. The van der Waals surface area contributed by atoms with Crippen molar-refractivity contribution in [3.8, 4) is 5.75 Å². The molecule has 4 nitrogen and oxygen atoms in total. The number of hydrogen-bond donors (Lipinski definition) is 2. The molecule has 0 fully saturated rings. The fourth-order valence-corrected chi connectivity index (χ4v) is 1.43. The number of aliphatic hydroxyl groups excluding tert-OH is 1. The maximum atomic E-state index is 13.5. The topological polar surface area (TPSA) is 58.6 Å². The van der Waals surface area contributed by atoms with Gasteiger partial charge in [-0.15, -0.1) is 0 Å². The van der Waals surface area contributed by atoms with Gasteiger partial charge < -0.3 is 15.2 Å². The summed E-state index contributed by atoms with van der Waals surface area (Å²) in [5.41, 5.74) is -0.137. The number of amides is 1. The molecule has 1 amide bonds. The molecule has 2 N–H and O–H groups in total. The Kier molecular flexibility index (Phi) is 4.90. The Labute approximate surface area is 99.4 Å². The fourth-order valence-electron chi connectivity index (χ4n) is 1.43. The van der Waals surface area contributed by atoms with Gasteiger partial charge in [-0.3, -0.25) is 4.79 Å². The van der Waals surface area contributed by atoms with Gasteiger partial charge in [0.25, 0.3) is 5.91 Å². The molecule has 0 aliphatic carbocycles. The number of rotatable bonds is 5. The number of nitrogens with one attached hydrogen (secondary N) is 1. The van der Waals surface area contributed by atoms with Crippen molar-refractivity contribution >= 4 is 5.91 Å². The molecular formula is C12H16FNO3. The van der Waals surface area contributed by atoms with Crippen molar-refractivity contribution in [2.24, 2.45) is 0 Å². The lowest BCUT2D eigenvalue weighted by atomic mass is 10.1. The zero-order chi connectivity index (χ0) is 12.8. The van der Waals surface area contributed by atoms with E-state index in [1.54, 1.807) is 0 Å². The highest BCUT2D eigenvalue weighted by Crippen LogP contribution is 2.21. The molecule has 1 rings (SSSR count). The van der Waals surface area contributed by atoms with Gasteiger partial charge in [0.1, 0.15) is 17.1 Å². The molecule has 0 aliphatic rings. The second-order valence-electron chi connectivity index (χ2n) is 3.58. The Morgan fingerprint density at radius 2 is 2.29 bits per heavy atom. The smallest absolute Gasteiger partial charge is 0.258 e. The predicted octanol–water partition coefficient (Wildman–Crippen LogP) is 1.34. The van der Waals surface area contributed by atoms with E-state index in [1.807, 2.05) is 6.92 Å². The number of halogens is 1. The largest absolute Gasteiger partial charge is 0.496 e. The summed E-state index contributed by atoms with van der Waals surface area (Å²) >= 11 is 0. The minimum Gasteiger partial charge on any atom is -0.496 e. The van der Waals surface area contributed by atoms with Crippen molar-refractivity contribution in [1.29, 1.82) is 0 Å². The standard InChI is InChI=1S/C12H16FNO3/c1-3-8(7-15)14-12(16)11-9(13)5-4-6-10(11)17-2/h4-6,8,15H,3,7H2,1-2H3,(H,14,16)/t8-/m0/s1. The number of hydrogen-bond acceptors (Lipinski definition) is 3. The first-order valence-corrected chi connectivity index (χ1v) is 5.38. The van der Waals surface area contributed by atoms with Crippen LogP contribution in [0.4, 0.5) is 4.39 Å².